The number of hydrogen-bond donors (Lipinski definition) is 1. The van der Waals surface area contributed by atoms with Gasteiger partial charge in [0.1, 0.15) is 12.7 Å². The lowest BCUT2D eigenvalue weighted by Crippen LogP contribution is -2.67. The number of carbonyl (C=O) groups excluding carboxylic acids is 3. The molecule has 0 amide bonds. The maximum atomic E-state index is 12.2. The van der Waals surface area contributed by atoms with Gasteiger partial charge in [-0.3, -0.25) is 9.59 Å². The Labute approximate surface area is 205 Å². The summed E-state index contributed by atoms with van der Waals surface area (Å²) < 4.78 is 23.6. The molecule has 192 valence electrons. The lowest BCUT2D eigenvalue weighted by molar-refractivity contribution is -0.243. The normalized spacial score (nSPS) is 49.9. The largest absolute Gasteiger partial charge is 0.462 e. The Balaban J connectivity index is 1.39. The molecule has 6 rings (SSSR count). The van der Waals surface area contributed by atoms with Crippen molar-refractivity contribution in [2.75, 3.05) is 6.61 Å². The average Bonchev–Trinajstić information content (AvgIpc) is 3.40. The second-order valence-electron chi connectivity index (χ2n) is 12.2. The Morgan fingerprint density at radius 2 is 1.77 bits per heavy atom. The van der Waals surface area contributed by atoms with Gasteiger partial charge in [0, 0.05) is 32.3 Å². The smallest absolute Gasteiger partial charge is 0.331 e. The van der Waals surface area contributed by atoms with E-state index >= 15 is 0 Å². The van der Waals surface area contributed by atoms with Crippen molar-refractivity contribution in [2.24, 2.45) is 28.6 Å². The van der Waals surface area contributed by atoms with E-state index < -0.39 is 28.9 Å². The second kappa shape index (κ2) is 7.54. The Bertz CT molecular complexity index is 1010. The average molecular weight is 489 g/mol. The Hall–Kier alpha value is -1.93. The summed E-state index contributed by atoms with van der Waals surface area (Å²) >= 11 is 0. The van der Waals surface area contributed by atoms with Crippen molar-refractivity contribution in [1.82, 2.24) is 0 Å². The van der Waals surface area contributed by atoms with Gasteiger partial charge in [-0.2, -0.15) is 0 Å². The summed E-state index contributed by atoms with van der Waals surface area (Å²) in [5.74, 6) is -0.437. The zero-order valence-corrected chi connectivity index (χ0v) is 20.8. The molecule has 35 heavy (non-hydrogen) atoms. The molecule has 1 spiro atoms. The van der Waals surface area contributed by atoms with Gasteiger partial charge in [0.05, 0.1) is 16.6 Å². The van der Waals surface area contributed by atoms with E-state index in [1.165, 1.54) is 13.8 Å². The van der Waals surface area contributed by atoms with Crippen LogP contribution >= 0.6 is 0 Å². The molecule has 0 radical (unpaired) electrons. The molecule has 6 aliphatic rings. The molecule has 2 aliphatic heterocycles. The molecule has 8 nitrogen and oxygen atoms in total. The van der Waals surface area contributed by atoms with Gasteiger partial charge in [-0.25, -0.2) is 4.79 Å². The maximum Gasteiger partial charge on any atom is 0.331 e. The van der Waals surface area contributed by atoms with E-state index in [2.05, 4.69) is 6.92 Å². The van der Waals surface area contributed by atoms with Gasteiger partial charge in [0.15, 0.2) is 0 Å². The summed E-state index contributed by atoms with van der Waals surface area (Å²) in [5, 5.41) is 12.2. The highest BCUT2D eigenvalue weighted by Crippen LogP contribution is 2.76. The molecule has 4 saturated carbocycles. The SMILES string of the molecule is CC(=O)O[C@H]1CC[C@@]23[C@@H](OC(C)=O)O[C@]4(CC[C@@]2(O)C1)[C@@H]1CC[C@H](C2=CC(=O)OC2)[C@@]1(C)CC[C@@H]43. The third-order valence-corrected chi connectivity index (χ3v) is 10.8. The lowest BCUT2D eigenvalue weighted by atomic mass is 9.42. The van der Waals surface area contributed by atoms with Crippen molar-refractivity contribution in [1.29, 1.82) is 0 Å². The molecule has 2 heterocycles. The number of rotatable bonds is 3. The number of cyclic esters (lactones) is 1. The fourth-order valence-electron chi connectivity index (χ4n) is 9.75. The van der Waals surface area contributed by atoms with Gasteiger partial charge < -0.3 is 24.1 Å². The third-order valence-electron chi connectivity index (χ3n) is 10.8. The number of esters is 3. The predicted molar refractivity (Wildman–Crippen MR) is 121 cm³/mol. The molecule has 0 aromatic heterocycles. The first-order valence-corrected chi connectivity index (χ1v) is 13.2. The standard InChI is InChI=1S/C27H36O8/c1-15(28)33-18-6-9-26-21-7-8-24(3)19(17-12-22(30)32-14-17)4-5-20(24)27(21,11-10-25(26,31)13-18)35-23(26)34-16(2)29/h12,18-21,23,31H,4-11,13-14H2,1-3H3/t18-,19+,20+,21+,23-,24+,25+,26+,27+/m0/s1. The lowest BCUT2D eigenvalue weighted by Gasteiger charge is -2.63. The van der Waals surface area contributed by atoms with Gasteiger partial charge >= 0.3 is 17.9 Å². The first-order chi connectivity index (χ1) is 16.5. The van der Waals surface area contributed by atoms with E-state index in [4.69, 9.17) is 18.9 Å². The predicted octanol–water partition coefficient (Wildman–Crippen LogP) is 3.20. The minimum Gasteiger partial charge on any atom is -0.462 e. The van der Waals surface area contributed by atoms with Crippen molar-refractivity contribution in [3.8, 4) is 0 Å². The van der Waals surface area contributed by atoms with Crippen LogP contribution in [0, 0.1) is 28.6 Å². The van der Waals surface area contributed by atoms with Gasteiger partial charge in [-0.1, -0.05) is 6.92 Å². The van der Waals surface area contributed by atoms with E-state index in [1.807, 2.05) is 0 Å². The van der Waals surface area contributed by atoms with Crippen LogP contribution in [0.5, 0.6) is 0 Å². The van der Waals surface area contributed by atoms with Gasteiger partial charge in [-0.05, 0) is 74.2 Å². The van der Waals surface area contributed by atoms with Crippen LogP contribution in [0.4, 0.5) is 0 Å². The third kappa shape index (κ3) is 3.02. The summed E-state index contributed by atoms with van der Waals surface area (Å²) in [4.78, 5) is 35.7. The Morgan fingerprint density at radius 3 is 2.46 bits per heavy atom. The first kappa shape index (κ1) is 23.5. The summed E-state index contributed by atoms with van der Waals surface area (Å²) in [6, 6.07) is 0. The Kier molecular flexibility index (Phi) is 5.06. The van der Waals surface area contributed by atoms with E-state index in [0.29, 0.717) is 38.7 Å². The van der Waals surface area contributed by atoms with E-state index in [9.17, 15) is 19.5 Å². The van der Waals surface area contributed by atoms with Crippen LogP contribution in [0.15, 0.2) is 11.6 Å². The van der Waals surface area contributed by atoms with Gasteiger partial charge in [0.25, 0.3) is 0 Å². The number of carbonyl (C=O) groups is 3. The molecule has 4 aliphatic carbocycles. The highest BCUT2D eigenvalue weighted by molar-refractivity contribution is 5.85. The van der Waals surface area contributed by atoms with Crippen molar-refractivity contribution in [2.45, 2.75) is 102 Å². The first-order valence-electron chi connectivity index (χ1n) is 13.2. The quantitative estimate of drug-likeness (QED) is 0.477. The molecule has 5 fully saturated rings. The molecule has 0 aromatic carbocycles. The molecular weight excluding hydrogens is 452 g/mol. The van der Waals surface area contributed by atoms with Crippen LogP contribution in [0.2, 0.25) is 0 Å². The van der Waals surface area contributed by atoms with Gasteiger partial charge in [-0.15, -0.1) is 0 Å². The van der Waals surface area contributed by atoms with Crippen LogP contribution in [-0.2, 0) is 33.3 Å². The zero-order chi connectivity index (χ0) is 24.8. The second-order valence-corrected chi connectivity index (χ2v) is 12.2. The van der Waals surface area contributed by atoms with Crippen LogP contribution in [0.1, 0.15) is 78.6 Å². The highest BCUT2D eigenvalue weighted by Gasteiger charge is 2.80. The monoisotopic (exact) mass is 488 g/mol. The van der Waals surface area contributed by atoms with Crippen LogP contribution in [0.3, 0.4) is 0 Å². The van der Waals surface area contributed by atoms with Crippen LogP contribution < -0.4 is 0 Å². The van der Waals surface area contributed by atoms with Crippen molar-refractivity contribution < 1.29 is 38.4 Å². The molecule has 0 unspecified atom stereocenters. The molecular formula is C27H36O8. The van der Waals surface area contributed by atoms with Crippen molar-refractivity contribution in [3.63, 3.8) is 0 Å². The number of hydrogen-bond acceptors (Lipinski definition) is 8. The maximum absolute atomic E-state index is 12.2. The number of ether oxygens (including phenoxy) is 4. The number of fused-ring (bicyclic) bond motifs is 1. The minimum atomic E-state index is -1.13. The molecule has 0 aromatic rings. The summed E-state index contributed by atoms with van der Waals surface area (Å²) in [7, 11) is 0. The summed E-state index contributed by atoms with van der Waals surface area (Å²) in [5.41, 5.74) is -1.28. The fourth-order valence-corrected chi connectivity index (χ4v) is 9.75. The van der Waals surface area contributed by atoms with Gasteiger partial charge in [0.2, 0.25) is 6.29 Å². The van der Waals surface area contributed by atoms with E-state index in [1.54, 1.807) is 6.08 Å². The molecule has 9 atom stereocenters. The zero-order valence-electron chi connectivity index (χ0n) is 20.8. The summed E-state index contributed by atoms with van der Waals surface area (Å²) in [6.45, 7) is 5.50. The highest BCUT2D eigenvalue weighted by atomic mass is 16.7. The molecule has 2 bridgehead atoms. The van der Waals surface area contributed by atoms with Crippen LogP contribution in [-0.4, -0.2) is 53.2 Å². The summed E-state index contributed by atoms with van der Waals surface area (Å²) in [6.07, 6.45) is 7.06. The molecule has 1 N–H and O–H groups in total. The van der Waals surface area contributed by atoms with E-state index in [-0.39, 0.29) is 41.2 Å². The van der Waals surface area contributed by atoms with Crippen LogP contribution in [0.25, 0.3) is 0 Å². The fraction of sp³-hybridized carbons (Fsp3) is 0.815. The minimum absolute atomic E-state index is 0.0486. The topological polar surface area (TPSA) is 108 Å². The molecule has 8 heteroatoms. The Morgan fingerprint density at radius 1 is 1.00 bits per heavy atom. The molecule has 1 saturated heterocycles. The number of aliphatic hydroxyl groups is 1. The van der Waals surface area contributed by atoms with Crippen molar-refractivity contribution in [3.05, 3.63) is 11.6 Å². The van der Waals surface area contributed by atoms with E-state index in [0.717, 1.165) is 31.3 Å². The van der Waals surface area contributed by atoms with Crippen molar-refractivity contribution >= 4 is 17.9 Å².